The van der Waals surface area contributed by atoms with Gasteiger partial charge in [0.25, 0.3) is 0 Å². The molecule has 0 radical (unpaired) electrons. The molecule has 0 saturated heterocycles. The standard InChI is InChI=1S/C66H46N2/c1-4-19-47(20-5-1)51-23-16-24-52(45-51)48-37-41-56(42-38-48)67(57-43-39-50(40-44-57)59-30-11-10-29-58(59)49-21-6-2-7-22-49)63-34-14-12-31-60(63)53-25-17-26-54(46-53)61-33-18-36-65-66(61)62-32-13-15-35-64(62)68(65)55-27-8-3-9-28-55/h1-46H. The topological polar surface area (TPSA) is 8.17 Å². The summed E-state index contributed by atoms with van der Waals surface area (Å²) in [5.41, 5.74) is 21.0. The van der Waals surface area contributed by atoms with Crippen LogP contribution in [-0.4, -0.2) is 4.57 Å². The van der Waals surface area contributed by atoms with Crippen molar-refractivity contribution in [2.45, 2.75) is 0 Å². The number of para-hydroxylation sites is 3. The van der Waals surface area contributed by atoms with E-state index in [0.29, 0.717) is 0 Å². The van der Waals surface area contributed by atoms with Crippen LogP contribution in [0.5, 0.6) is 0 Å². The summed E-state index contributed by atoms with van der Waals surface area (Å²) in [4.78, 5) is 2.41. The van der Waals surface area contributed by atoms with E-state index in [1.165, 1.54) is 77.4 Å². The molecule has 12 rings (SSSR count). The summed E-state index contributed by atoms with van der Waals surface area (Å²) in [7, 11) is 0. The molecule has 1 heterocycles. The van der Waals surface area contributed by atoms with Crippen molar-refractivity contribution in [3.05, 3.63) is 279 Å². The molecule has 0 fully saturated rings. The molecule has 0 atom stereocenters. The van der Waals surface area contributed by atoms with E-state index in [2.05, 4.69) is 289 Å². The smallest absolute Gasteiger partial charge is 0.0547 e. The van der Waals surface area contributed by atoms with Crippen LogP contribution in [0.25, 0.3) is 94.3 Å². The zero-order valence-corrected chi connectivity index (χ0v) is 37.5. The average Bonchev–Trinajstić information content (AvgIpc) is 3.77. The molecule has 0 aliphatic carbocycles. The summed E-state index contributed by atoms with van der Waals surface area (Å²) in [5.74, 6) is 0. The number of fused-ring (bicyclic) bond motifs is 3. The largest absolute Gasteiger partial charge is 0.310 e. The fourth-order valence-corrected chi connectivity index (χ4v) is 10.0. The fourth-order valence-electron chi connectivity index (χ4n) is 10.0. The molecular weight excluding hydrogens is 821 g/mol. The lowest BCUT2D eigenvalue weighted by atomic mass is 9.94. The number of anilines is 3. The molecule has 0 bridgehead atoms. The van der Waals surface area contributed by atoms with Crippen molar-refractivity contribution in [3.63, 3.8) is 0 Å². The monoisotopic (exact) mass is 866 g/mol. The summed E-state index contributed by atoms with van der Waals surface area (Å²) >= 11 is 0. The van der Waals surface area contributed by atoms with Gasteiger partial charge in [-0.15, -0.1) is 0 Å². The molecule has 0 spiro atoms. The van der Waals surface area contributed by atoms with Crippen LogP contribution < -0.4 is 4.90 Å². The van der Waals surface area contributed by atoms with Crippen molar-refractivity contribution in [1.29, 1.82) is 0 Å². The van der Waals surface area contributed by atoms with Crippen molar-refractivity contribution in [2.24, 2.45) is 0 Å². The van der Waals surface area contributed by atoms with E-state index < -0.39 is 0 Å². The lowest BCUT2D eigenvalue weighted by Crippen LogP contribution is -2.11. The SMILES string of the molecule is c1ccc(-c2cccc(-c3ccc(N(c4ccc(-c5ccccc5-c5ccccc5)cc4)c4ccccc4-c4cccc(-c5cccc6c5c5ccccc5n6-c5ccccc5)c4)cc3)c2)cc1. The minimum atomic E-state index is 1.08. The summed E-state index contributed by atoms with van der Waals surface area (Å²) in [6.07, 6.45) is 0. The Balaban J connectivity index is 0.978. The molecule has 2 nitrogen and oxygen atoms in total. The predicted octanol–water partition coefficient (Wildman–Crippen LogP) is 18.3. The number of rotatable bonds is 10. The van der Waals surface area contributed by atoms with E-state index in [0.717, 1.165) is 33.9 Å². The zero-order chi connectivity index (χ0) is 45.2. The van der Waals surface area contributed by atoms with Gasteiger partial charge in [-0.25, -0.2) is 0 Å². The van der Waals surface area contributed by atoms with Crippen LogP contribution in [0.2, 0.25) is 0 Å². The van der Waals surface area contributed by atoms with Gasteiger partial charge < -0.3 is 9.47 Å². The Morgan fingerprint density at radius 3 is 1.32 bits per heavy atom. The van der Waals surface area contributed by atoms with E-state index >= 15 is 0 Å². The highest BCUT2D eigenvalue weighted by atomic mass is 15.1. The van der Waals surface area contributed by atoms with Crippen LogP contribution in [0.1, 0.15) is 0 Å². The number of benzene rings is 11. The number of hydrogen-bond donors (Lipinski definition) is 0. The molecule has 0 saturated carbocycles. The molecule has 2 heteroatoms. The highest BCUT2D eigenvalue weighted by molar-refractivity contribution is 6.16. The lowest BCUT2D eigenvalue weighted by molar-refractivity contribution is 1.18. The molecule has 0 unspecified atom stereocenters. The first-order valence-corrected chi connectivity index (χ1v) is 23.3. The van der Waals surface area contributed by atoms with Gasteiger partial charge in [0.15, 0.2) is 0 Å². The third-order valence-electron chi connectivity index (χ3n) is 13.2. The van der Waals surface area contributed by atoms with Crippen LogP contribution in [-0.2, 0) is 0 Å². The lowest BCUT2D eigenvalue weighted by Gasteiger charge is -2.28. The fraction of sp³-hybridized carbons (Fsp3) is 0. The normalized spacial score (nSPS) is 11.2. The zero-order valence-electron chi connectivity index (χ0n) is 37.5. The molecule has 11 aromatic carbocycles. The van der Waals surface area contributed by atoms with Crippen molar-refractivity contribution >= 4 is 38.9 Å². The van der Waals surface area contributed by atoms with Crippen molar-refractivity contribution < 1.29 is 0 Å². The maximum Gasteiger partial charge on any atom is 0.0547 e. The van der Waals surface area contributed by atoms with E-state index in [1.54, 1.807) is 0 Å². The van der Waals surface area contributed by atoms with Crippen molar-refractivity contribution in [2.75, 3.05) is 4.90 Å². The molecule has 0 aliphatic rings. The Bertz CT molecular complexity index is 3700. The van der Waals surface area contributed by atoms with Gasteiger partial charge in [0.1, 0.15) is 0 Å². The van der Waals surface area contributed by atoms with Gasteiger partial charge in [-0.2, -0.15) is 0 Å². The number of aromatic nitrogens is 1. The molecule has 0 aliphatic heterocycles. The van der Waals surface area contributed by atoms with Gasteiger partial charge in [0.05, 0.1) is 16.7 Å². The van der Waals surface area contributed by atoms with Gasteiger partial charge in [-0.05, 0) is 128 Å². The third kappa shape index (κ3) is 7.54. The van der Waals surface area contributed by atoms with Crippen LogP contribution in [0.15, 0.2) is 279 Å². The van der Waals surface area contributed by atoms with Gasteiger partial charge in [-0.1, -0.05) is 212 Å². The van der Waals surface area contributed by atoms with Crippen LogP contribution >= 0.6 is 0 Å². The quantitative estimate of drug-likeness (QED) is 0.133. The van der Waals surface area contributed by atoms with Gasteiger partial charge in [0, 0.05) is 33.4 Å². The summed E-state index contributed by atoms with van der Waals surface area (Å²) < 4.78 is 2.39. The molecular formula is C66H46N2. The summed E-state index contributed by atoms with van der Waals surface area (Å²) in [6, 6.07) is 101. The second-order valence-corrected chi connectivity index (χ2v) is 17.3. The number of nitrogens with zero attached hydrogens (tertiary/aromatic N) is 2. The summed E-state index contributed by atoms with van der Waals surface area (Å²) in [6.45, 7) is 0. The first-order chi connectivity index (χ1) is 33.7. The highest BCUT2D eigenvalue weighted by Gasteiger charge is 2.20. The predicted molar refractivity (Wildman–Crippen MR) is 288 cm³/mol. The molecule has 320 valence electrons. The van der Waals surface area contributed by atoms with Gasteiger partial charge >= 0.3 is 0 Å². The first kappa shape index (κ1) is 40.5. The Hall–Kier alpha value is -8.98. The third-order valence-corrected chi connectivity index (χ3v) is 13.2. The van der Waals surface area contributed by atoms with Crippen LogP contribution in [0.4, 0.5) is 17.1 Å². The molecule has 1 aromatic heterocycles. The van der Waals surface area contributed by atoms with Crippen LogP contribution in [0, 0.1) is 0 Å². The second kappa shape index (κ2) is 17.8. The molecule has 0 N–H and O–H groups in total. The minimum absolute atomic E-state index is 1.08. The van der Waals surface area contributed by atoms with E-state index in [9.17, 15) is 0 Å². The average molecular weight is 867 g/mol. The van der Waals surface area contributed by atoms with E-state index in [-0.39, 0.29) is 0 Å². The Morgan fingerprint density at radius 2 is 0.662 bits per heavy atom. The Morgan fingerprint density at radius 1 is 0.250 bits per heavy atom. The van der Waals surface area contributed by atoms with Crippen LogP contribution in [0.3, 0.4) is 0 Å². The van der Waals surface area contributed by atoms with E-state index in [4.69, 9.17) is 0 Å². The van der Waals surface area contributed by atoms with Gasteiger partial charge in [0.2, 0.25) is 0 Å². The molecule has 0 amide bonds. The Labute approximate surface area is 397 Å². The summed E-state index contributed by atoms with van der Waals surface area (Å²) in [5, 5.41) is 2.49. The van der Waals surface area contributed by atoms with E-state index in [1.807, 2.05) is 0 Å². The minimum Gasteiger partial charge on any atom is -0.310 e. The Kier molecular flexibility index (Phi) is 10.6. The number of hydrogen-bond acceptors (Lipinski definition) is 1. The van der Waals surface area contributed by atoms with Crippen molar-refractivity contribution in [1.82, 2.24) is 4.57 Å². The highest BCUT2D eigenvalue weighted by Crippen LogP contribution is 2.45. The van der Waals surface area contributed by atoms with Gasteiger partial charge in [-0.3, -0.25) is 0 Å². The maximum absolute atomic E-state index is 2.41. The first-order valence-electron chi connectivity index (χ1n) is 23.3. The maximum atomic E-state index is 2.41. The second-order valence-electron chi connectivity index (χ2n) is 17.3. The van der Waals surface area contributed by atoms with Crippen molar-refractivity contribution in [3.8, 4) is 72.4 Å². The molecule has 12 aromatic rings. The molecule has 68 heavy (non-hydrogen) atoms.